The lowest BCUT2D eigenvalue weighted by molar-refractivity contribution is 0.395. The first-order valence-corrected chi connectivity index (χ1v) is 7.99. The molecule has 122 valence electrons. The lowest BCUT2D eigenvalue weighted by Crippen LogP contribution is -2.12. The maximum Gasteiger partial charge on any atom is 0.345 e. The third-order valence-corrected chi connectivity index (χ3v) is 4.11. The maximum absolute atomic E-state index is 12.0. The molecule has 0 amide bonds. The molecule has 0 saturated heterocycles. The van der Waals surface area contributed by atoms with Crippen molar-refractivity contribution in [3.8, 4) is 34.0 Å². The highest BCUT2D eigenvalue weighted by Crippen LogP contribution is 2.33. The number of nitrogens with one attached hydrogen (secondary N) is 1. The highest BCUT2D eigenvalue weighted by atomic mass is 79.9. The Labute approximate surface area is 147 Å². The highest BCUT2D eigenvalue weighted by molar-refractivity contribution is 9.10. The van der Waals surface area contributed by atoms with Crippen LogP contribution < -0.4 is 15.2 Å². The summed E-state index contributed by atoms with van der Waals surface area (Å²) in [5.41, 5.74) is 2.43. The molecule has 0 fully saturated rings. The summed E-state index contributed by atoms with van der Waals surface area (Å²) in [4.78, 5) is 18.8. The van der Waals surface area contributed by atoms with Crippen LogP contribution in [-0.4, -0.2) is 24.2 Å². The van der Waals surface area contributed by atoms with E-state index in [0.29, 0.717) is 22.9 Å². The number of aromatic amines is 1. The van der Waals surface area contributed by atoms with Gasteiger partial charge in [0.1, 0.15) is 11.5 Å². The zero-order valence-corrected chi connectivity index (χ0v) is 14.8. The van der Waals surface area contributed by atoms with Crippen LogP contribution in [0.4, 0.5) is 0 Å². The van der Waals surface area contributed by atoms with Gasteiger partial charge in [0.05, 0.1) is 25.6 Å². The number of ether oxygens (including phenoxy) is 2. The van der Waals surface area contributed by atoms with Crippen LogP contribution in [0.25, 0.3) is 22.5 Å². The van der Waals surface area contributed by atoms with Gasteiger partial charge >= 0.3 is 5.69 Å². The first-order chi connectivity index (χ1) is 11.6. The molecule has 0 radical (unpaired) electrons. The number of hydrogen-bond donors (Lipinski definition) is 1. The fraction of sp³-hybridized carbons (Fsp3) is 0.111. The van der Waals surface area contributed by atoms with Crippen LogP contribution in [0.5, 0.6) is 11.5 Å². The summed E-state index contributed by atoms with van der Waals surface area (Å²) in [6.07, 6.45) is 0. The molecule has 0 aliphatic carbocycles. The molecule has 0 spiro atoms. The van der Waals surface area contributed by atoms with Crippen molar-refractivity contribution in [3.05, 3.63) is 63.5 Å². The number of methoxy groups -OCH3 is 2. The van der Waals surface area contributed by atoms with Crippen molar-refractivity contribution in [2.24, 2.45) is 0 Å². The normalized spacial score (nSPS) is 10.5. The molecule has 0 unspecified atom stereocenters. The number of H-pyrrole nitrogens is 1. The molecule has 2 aromatic carbocycles. The molecule has 0 aliphatic rings. The lowest BCUT2D eigenvalue weighted by atomic mass is 10.1. The van der Waals surface area contributed by atoms with Crippen LogP contribution in [0, 0.1) is 0 Å². The summed E-state index contributed by atoms with van der Waals surface area (Å²) >= 11 is 3.40. The smallest absolute Gasteiger partial charge is 0.345 e. The van der Waals surface area contributed by atoms with Crippen molar-refractivity contribution in [1.82, 2.24) is 9.97 Å². The fourth-order valence-electron chi connectivity index (χ4n) is 2.39. The Bertz CT molecular complexity index is 920. The number of aromatic nitrogens is 2. The summed E-state index contributed by atoms with van der Waals surface area (Å²) in [5.74, 6) is 1.29. The second-order valence-electron chi connectivity index (χ2n) is 5.06. The molecule has 0 atom stereocenters. The zero-order valence-electron chi connectivity index (χ0n) is 13.2. The monoisotopic (exact) mass is 386 g/mol. The largest absolute Gasteiger partial charge is 0.497 e. The maximum atomic E-state index is 12.0. The van der Waals surface area contributed by atoms with Crippen LogP contribution in [0.2, 0.25) is 0 Å². The van der Waals surface area contributed by atoms with E-state index in [4.69, 9.17) is 9.47 Å². The van der Waals surface area contributed by atoms with Gasteiger partial charge in [0.2, 0.25) is 0 Å². The van der Waals surface area contributed by atoms with E-state index in [1.807, 2.05) is 42.5 Å². The first-order valence-electron chi connectivity index (χ1n) is 7.20. The number of halogens is 1. The molecule has 0 aliphatic heterocycles. The topological polar surface area (TPSA) is 64.2 Å². The van der Waals surface area contributed by atoms with Crippen LogP contribution in [0.15, 0.2) is 57.8 Å². The van der Waals surface area contributed by atoms with Crippen LogP contribution in [0.1, 0.15) is 0 Å². The molecule has 6 heteroatoms. The number of hydrogen-bond acceptors (Lipinski definition) is 4. The minimum absolute atomic E-state index is 0.414. The highest BCUT2D eigenvalue weighted by Gasteiger charge is 2.11. The predicted molar refractivity (Wildman–Crippen MR) is 96.5 cm³/mol. The quantitative estimate of drug-likeness (QED) is 0.738. The summed E-state index contributed by atoms with van der Waals surface area (Å²) in [6, 6.07) is 14.9. The molecule has 1 heterocycles. The Morgan fingerprint density at radius 1 is 1.00 bits per heavy atom. The molecular formula is C18H15BrN2O3. The van der Waals surface area contributed by atoms with Gasteiger partial charge in [-0.25, -0.2) is 4.79 Å². The van der Waals surface area contributed by atoms with E-state index in [1.54, 1.807) is 20.3 Å². The van der Waals surface area contributed by atoms with Crippen LogP contribution >= 0.6 is 15.9 Å². The zero-order chi connectivity index (χ0) is 17.1. The van der Waals surface area contributed by atoms with Crippen molar-refractivity contribution in [3.63, 3.8) is 0 Å². The molecular weight excluding hydrogens is 372 g/mol. The standard InChI is InChI=1S/C18H15BrN2O3/c1-23-13-7-8-14(17(9-13)24-2)16-10-15(20-18(22)21-16)11-3-5-12(19)6-4-11/h3-10H,1-2H3,(H,20,21,22). The van der Waals surface area contributed by atoms with E-state index in [-0.39, 0.29) is 0 Å². The SMILES string of the molecule is COc1ccc(-c2cc(-c3ccc(Br)cc3)nc(=O)[nH]2)c(OC)c1. The van der Waals surface area contributed by atoms with Gasteiger partial charge in [-0.05, 0) is 30.3 Å². The lowest BCUT2D eigenvalue weighted by Gasteiger charge is -2.11. The van der Waals surface area contributed by atoms with E-state index in [9.17, 15) is 4.79 Å². The molecule has 5 nitrogen and oxygen atoms in total. The Morgan fingerprint density at radius 3 is 2.42 bits per heavy atom. The van der Waals surface area contributed by atoms with Gasteiger partial charge in [0.25, 0.3) is 0 Å². The Kier molecular flexibility index (Phi) is 4.66. The van der Waals surface area contributed by atoms with Crippen molar-refractivity contribution < 1.29 is 9.47 Å². The van der Waals surface area contributed by atoms with Gasteiger partial charge in [-0.15, -0.1) is 0 Å². The van der Waals surface area contributed by atoms with E-state index in [1.165, 1.54) is 0 Å². The van der Waals surface area contributed by atoms with Gasteiger partial charge in [-0.2, -0.15) is 4.98 Å². The van der Waals surface area contributed by atoms with Gasteiger partial charge in [0, 0.05) is 21.7 Å². The second kappa shape index (κ2) is 6.88. The molecule has 0 bridgehead atoms. The van der Waals surface area contributed by atoms with Crippen LogP contribution in [-0.2, 0) is 0 Å². The summed E-state index contributed by atoms with van der Waals surface area (Å²) < 4.78 is 11.6. The van der Waals surface area contributed by atoms with E-state index in [0.717, 1.165) is 15.6 Å². The van der Waals surface area contributed by atoms with Crippen LogP contribution in [0.3, 0.4) is 0 Å². The number of benzene rings is 2. The average molecular weight is 387 g/mol. The predicted octanol–water partition coefficient (Wildman–Crippen LogP) is 3.88. The Hall–Kier alpha value is -2.60. The second-order valence-corrected chi connectivity index (χ2v) is 5.97. The van der Waals surface area contributed by atoms with Crippen molar-refractivity contribution in [1.29, 1.82) is 0 Å². The average Bonchev–Trinajstić information content (AvgIpc) is 2.61. The minimum Gasteiger partial charge on any atom is -0.497 e. The van der Waals surface area contributed by atoms with Gasteiger partial charge in [-0.3, -0.25) is 0 Å². The minimum atomic E-state index is -0.414. The number of rotatable bonds is 4. The Balaban J connectivity index is 2.13. The first kappa shape index (κ1) is 16.3. The van der Waals surface area contributed by atoms with Gasteiger partial charge < -0.3 is 14.5 Å². The third kappa shape index (κ3) is 3.33. The molecule has 1 N–H and O–H groups in total. The van der Waals surface area contributed by atoms with E-state index in [2.05, 4.69) is 25.9 Å². The van der Waals surface area contributed by atoms with Crippen molar-refractivity contribution in [2.45, 2.75) is 0 Å². The molecule has 3 aromatic rings. The van der Waals surface area contributed by atoms with E-state index < -0.39 is 5.69 Å². The van der Waals surface area contributed by atoms with E-state index >= 15 is 0 Å². The van der Waals surface area contributed by atoms with Gasteiger partial charge in [0.15, 0.2) is 0 Å². The summed E-state index contributed by atoms with van der Waals surface area (Å²) in [6.45, 7) is 0. The summed E-state index contributed by atoms with van der Waals surface area (Å²) in [5, 5.41) is 0. The molecule has 1 aromatic heterocycles. The van der Waals surface area contributed by atoms with Crippen molar-refractivity contribution >= 4 is 15.9 Å². The van der Waals surface area contributed by atoms with Gasteiger partial charge in [-0.1, -0.05) is 28.1 Å². The molecule has 0 saturated carbocycles. The molecule has 24 heavy (non-hydrogen) atoms. The van der Waals surface area contributed by atoms with Crippen molar-refractivity contribution in [2.75, 3.05) is 14.2 Å². The number of nitrogens with zero attached hydrogens (tertiary/aromatic N) is 1. The molecule has 3 rings (SSSR count). The third-order valence-electron chi connectivity index (χ3n) is 3.58. The Morgan fingerprint density at radius 2 is 1.75 bits per heavy atom. The summed E-state index contributed by atoms with van der Waals surface area (Å²) in [7, 11) is 3.17. The fourth-order valence-corrected chi connectivity index (χ4v) is 2.66.